The SMILES string of the molecule is NC1CCCC1C(=O)N1CCc2sccc2C1. The second-order valence-corrected chi connectivity index (χ2v) is 6.08. The number of carbonyl (C=O) groups is 1. The summed E-state index contributed by atoms with van der Waals surface area (Å²) in [5.41, 5.74) is 7.35. The van der Waals surface area contributed by atoms with Crippen LogP contribution in [0.15, 0.2) is 11.4 Å². The highest BCUT2D eigenvalue weighted by Gasteiger charge is 2.34. The first-order valence-electron chi connectivity index (χ1n) is 6.35. The topological polar surface area (TPSA) is 46.3 Å². The van der Waals surface area contributed by atoms with Gasteiger partial charge in [-0.25, -0.2) is 0 Å². The fourth-order valence-electron chi connectivity index (χ4n) is 2.97. The van der Waals surface area contributed by atoms with E-state index in [4.69, 9.17) is 5.73 Å². The molecule has 3 nitrogen and oxygen atoms in total. The van der Waals surface area contributed by atoms with Crippen LogP contribution in [0.25, 0.3) is 0 Å². The standard InChI is InChI=1S/C13H18N2OS/c14-11-3-1-2-10(11)13(16)15-6-4-12-9(8-15)5-7-17-12/h5,7,10-11H,1-4,6,8,14H2. The quantitative estimate of drug-likeness (QED) is 0.825. The van der Waals surface area contributed by atoms with E-state index in [9.17, 15) is 4.79 Å². The van der Waals surface area contributed by atoms with E-state index in [1.165, 1.54) is 10.4 Å². The first kappa shape index (κ1) is 11.2. The van der Waals surface area contributed by atoms with E-state index in [1.54, 1.807) is 0 Å². The highest BCUT2D eigenvalue weighted by atomic mass is 32.1. The summed E-state index contributed by atoms with van der Waals surface area (Å²) in [5, 5.41) is 2.12. The Hall–Kier alpha value is -0.870. The summed E-state index contributed by atoms with van der Waals surface area (Å²) in [6.07, 6.45) is 4.11. The second kappa shape index (κ2) is 4.42. The summed E-state index contributed by atoms with van der Waals surface area (Å²) in [4.78, 5) is 15.8. The van der Waals surface area contributed by atoms with Crippen molar-refractivity contribution in [2.45, 2.75) is 38.3 Å². The van der Waals surface area contributed by atoms with Crippen LogP contribution in [0, 0.1) is 5.92 Å². The molecule has 2 aliphatic rings. The molecule has 1 amide bonds. The molecule has 0 radical (unpaired) electrons. The Morgan fingerprint density at radius 3 is 3.12 bits per heavy atom. The van der Waals surface area contributed by atoms with Crippen molar-refractivity contribution in [1.82, 2.24) is 4.90 Å². The first-order chi connectivity index (χ1) is 8.25. The van der Waals surface area contributed by atoms with Gasteiger partial charge in [-0.05, 0) is 36.3 Å². The molecule has 17 heavy (non-hydrogen) atoms. The molecule has 1 fully saturated rings. The molecule has 1 saturated carbocycles. The minimum Gasteiger partial charge on any atom is -0.338 e. The van der Waals surface area contributed by atoms with Gasteiger partial charge in [-0.15, -0.1) is 11.3 Å². The van der Waals surface area contributed by atoms with Crippen LogP contribution in [-0.2, 0) is 17.8 Å². The molecular weight excluding hydrogens is 232 g/mol. The van der Waals surface area contributed by atoms with Gasteiger partial charge in [0.1, 0.15) is 0 Å². The third-order valence-corrected chi connectivity index (χ3v) is 5.03. The van der Waals surface area contributed by atoms with Crippen molar-refractivity contribution >= 4 is 17.2 Å². The average molecular weight is 250 g/mol. The molecule has 1 aliphatic carbocycles. The lowest BCUT2D eigenvalue weighted by Crippen LogP contribution is -2.43. The third-order valence-electron chi connectivity index (χ3n) is 4.01. The zero-order valence-electron chi connectivity index (χ0n) is 9.89. The smallest absolute Gasteiger partial charge is 0.227 e. The van der Waals surface area contributed by atoms with Crippen molar-refractivity contribution in [3.8, 4) is 0 Å². The lowest BCUT2D eigenvalue weighted by Gasteiger charge is -2.30. The fraction of sp³-hybridized carbons (Fsp3) is 0.615. The van der Waals surface area contributed by atoms with Gasteiger partial charge < -0.3 is 10.6 Å². The second-order valence-electron chi connectivity index (χ2n) is 5.08. The number of hydrogen-bond acceptors (Lipinski definition) is 3. The summed E-state index contributed by atoms with van der Waals surface area (Å²) >= 11 is 1.81. The molecule has 2 heterocycles. The third kappa shape index (κ3) is 2.00. The molecule has 2 unspecified atom stereocenters. The number of hydrogen-bond donors (Lipinski definition) is 1. The number of amides is 1. The molecule has 0 bridgehead atoms. The molecule has 0 spiro atoms. The highest BCUT2D eigenvalue weighted by Crippen LogP contribution is 2.29. The van der Waals surface area contributed by atoms with Crippen LogP contribution in [0.5, 0.6) is 0 Å². The molecular formula is C13H18N2OS. The maximum atomic E-state index is 12.4. The maximum Gasteiger partial charge on any atom is 0.227 e. The van der Waals surface area contributed by atoms with Crippen molar-refractivity contribution in [2.75, 3.05) is 6.54 Å². The van der Waals surface area contributed by atoms with E-state index in [2.05, 4.69) is 11.4 Å². The van der Waals surface area contributed by atoms with Crippen LogP contribution in [0.3, 0.4) is 0 Å². The van der Waals surface area contributed by atoms with Crippen molar-refractivity contribution in [2.24, 2.45) is 11.7 Å². The normalized spacial score (nSPS) is 28.2. The van der Waals surface area contributed by atoms with Crippen molar-refractivity contribution in [3.63, 3.8) is 0 Å². The lowest BCUT2D eigenvalue weighted by molar-refractivity contribution is -0.136. The molecule has 1 aromatic heterocycles. The van der Waals surface area contributed by atoms with Crippen molar-refractivity contribution in [3.05, 3.63) is 21.9 Å². The summed E-state index contributed by atoms with van der Waals surface area (Å²) in [6.45, 7) is 1.66. The monoisotopic (exact) mass is 250 g/mol. The van der Waals surface area contributed by atoms with Gasteiger partial charge in [-0.2, -0.15) is 0 Å². The van der Waals surface area contributed by atoms with Gasteiger partial charge in [0.2, 0.25) is 5.91 Å². The van der Waals surface area contributed by atoms with Gasteiger partial charge >= 0.3 is 0 Å². The molecule has 0 saturated heterocycles. The molecule has 2 atom stereocenters. The number of nitrogens with two attached hydrogens (primary N) is 1. The predicted molar refractivity (Wildman–Crippen MR) is 68.8 cm³/mol. The number of carbonyl (C=O) groups excluding carboxylic acids is 1. The van der Waals surface area contributed by atoms with Gasteiger partial charge in [0.25, 0.3) is 0 Å². The van der Waals surface area contributed by atoms with E-state index >= 15 is 0 Å². The number of thiophene rings is 1. The largest absolute Gasteiger partial charge is 0.338 e. The lowest BCUT2D eigenvalue weighted by atomic mass is 10.0. The fourth-order valence-corrected chi connectivity index (χ4v) is 3.86. The van der Waals surface area contributed by atoms with Crippen LogP contribution >= 0.6 is 11.3 Å². The Kier molecular flexibility index (Phi) is 2.92. The predicted octanol–water partition coefficient (Wildman–Crippen LogP) is 1.76. The molecule has 2 N–H and O–H groups in total. The Bertz CT molecular complexity index is 429. The van der Waals surface area contributed by atoms with Gasteiger partial charge in [0, 0.05) is 24.0 Å². The number of nitrogens with zero attached hydrogens (tertiary/aromatic N) is 1. The highest BCUT2D eigenvalue weighted by molar-refractivity contribution is 7.10. The van der Waals surface area contributed by atoms with Crippen LogP contribution in [0.4, 0.5) is 0 Å². The van der Waals surface area contributed by atoms with Crippen LogP contribution in [0.2, 0.25) is 0 Å². The van der Waals surface area contributed by atoms with E-state index in [0.717, 1.165) is 38.8 Å². The van der Waals surface area contributed by atoms with Gasteiger partial charge in [0.05, 0.1) is 5.92 Å². The van der Waals surface area contributed by atoms with Crippen LogP contribution < -0.4 is 5.73 Å². The Morgan fingerprint density at radius 1 is 1.47 bits per heavy atom. The molecule has 92 valence electrons. The summed E-state index contributed by atoms with van der Waals surface area (Å²) in [6, 6.07) is 2.24. The van der Waals surface area contributed by atoms with E-state index in [1.807, 2.05) is 16.2 Å². The van der Waals surface area contributed by atoms with Crippen molar-refractivity contribution < 1.29 is 4.79 Å². The van der Waals surface area contributed by atoms with Crippen LogP contribution in [0.1, 0.15) is 29.7 Å². The van der Waals surface area contributed by atoms with E-state index in [-0.39, 0.29) is 17.9 Å². The molecule has 1 aromatic rings. The zero-order chi connectivity index (χ0) is 11.8. The molecule has 3 rings (SSSR count). The molecule has 1 aliphatic heterocycles. The van der Waals surface area contributed by atoms with Gasteiger partial charge in [0.15, 0.2) is 0 Å². The average Bonchev–Trinajstić information content (AvgIpc) is 2.95. The summed E-state index contributed by atoms with van der Waals surface area (Å²) < 4.78 is 0. The van der Waals surface area contributed by atoms with Gasteiger partial charge in [-0.3, -0.25) is 4.79 Å². The minimum atomic E-state index is 0.0789. The Morgan fingerprint density at radius 2 is 2.35 bits per heavy atom. The van der Waals surface area contributed by atoms with E-state index in [0.29, 0.717) is 0 Å². The Balaban J connectivity index is 1.72. The number of fused-ring (bicyclic) bond motifs is 1. The Labute approximate surface area is 106 Å². The summed E-state index contributed by atoms with van der Waals surface area (Å²) in [7, 11) is 0. The van der Waals surface area contributed by atoms with Crippen molar-refractivity contribution in [1.29, 1.82) is 0 Å². The maximum absolute atomic E-state index is 12.4. The number of rotatable bonds is 1. The first-order valence-corrected chi connectivity index (χ1v) is 7.23. The minimum absolute atomic E-state index is 0.0789. The summed E-state index contributed by atoms with van der Waals surface area (Å²) in [5.74, 6) is 0.363. The molecule has 4 heteroatoms. The van der Waals surface area contributed by atoms with Crippen LogP contribution in [-0.4, -0.2) is 23.4 Å². The molecule has 0 aromatic carbocycles. The zero-order valence-corrected chi connectivity index (χ0v) is 10.7. The van der Waals surface area contributed by atoms with E-state index < -0.39 is 0 Å². The van der Waals surface area contributed by atoms with Gasteiger partial charge in [-0.1, -0.05) is 6.42 Å².